The van der Waals surface area contributed by atoms with Gasteiger partial charge >= 0.3 is 5.97 Å². The molecule has 1 saturated heterocycles. The zero-order valence-electron chi connectivity index (χ0n) is 12.3. The molecular weight excluding hydrogens is 294 g/mol. The molecule has 0 radical (unpaired) electrons. The van der Waals surface area contributed by atoms with E-state index in [4.69, 9.17) is 5.26 Å². The third-order valence-electron chi connectivity index (χ3n) is 4.74. The van der Waals surface area contributed by atoms with Gasteiger partial charge in [-0.3, -0.25) is 4.79 Å². The molecule has 1 aliphatic carbocycles. The van der Waals surface area contributed by atoms with Gasteiger partial charge in [0.05, 0.1) is 17.4 Å². The van der Waals surface area contributed by atoms with Gasteiger partial charge in [0.2, 0.25) is 0 Å². The largest absolute Gasteiger partial charge is 0.481 e. The number of hydrogen-bond acceptors (Lipinski definition) is 4. The second-order valence-electron chi connectivity index (χ2n) is 6.16. The van der Waals surface area contributed by atoms with Crippen LogP contribution in [0.15, 0.2) is 0 Å². The summed E-state index contributed by atoms with van der Waals surface area (Å²) in [6.07, 6.45) is 2.14. The van der Waals surface area contributed by atoms with Crippen molar-refractivity contribution in [2.75, 3.05) is 26.7 Å². The zero-order chi connectivity index (χ0) is 15.8. The average molecular weight is 315 g/mol. The Morgan fingerprint density at radius 3 is 2.81 bits per heavy atom. The Morgan fingerprint density at radius 1 is 1.62 bits per heavy atom. The van der Waals surface area contributed by atoms with Gasteiger partial charge in [0.25, 0.3) is 10.2 Å². The molecule has 7 nitrogen and oxygen atoms in total. The first-order valence-electron chi connectivity index (χ1n) is 7.08. The molecule has 8 heteroatoms. The van der Waals surface area contributed by atoms with Crippen LogP contribution in [0.5, 0.6) is 0 Å². The smallest absolute Gasteiger partial charge is 0.311 e. The van der Waals surface area contributed by atoms with E-state index in [-0.39, 0.29) is 25.6 Å². The van der Waals surface area contributed by atoms with Gasteiger partial charge in [0.1, 0.15) is 0 Å². The topological polar surface area (TPSA) is 102 Å². The van der Waals surface area contributed by atoms with Crippen molar-refractivity contribution in [3.63, 3.8) is 0 Å². The Labute approximate surface area is 125 Å². The van der Waals surface area contributed by atoms with Crippen LogP contribution in [0, 0.1) is 28.6 Å². The highest BCUT2D eigenvalue weighted by atomic mass is 32.2. The molecule has 0 aromatic rings. The number of fused-ring (bicyclic) bond motifs is 1. The normalized spacial score (nSPS) is 31.0. The van der Waals surface area contributed by atoms with Crippen LogP contribution >= 0.6 is 0 Å². The molecule has 3 atom stereocenters. The predicted molar refractivity (Wildman–Crippen MR) is 75.3 cm³/mol. The summed E-state index contributed by atoms with van der Waals surface area (Å²) in [6.45, 7) is 2.07. The van der Waals surface area contributed by atoms with E-state index in [1.165, 1.54) is 11.4 Å². The van der Waals surface area contributed by atoms with Crippen LogP contribution < -0.4 is 0 Å². The van der Waals surface area contributed by atoms with Crippen molar-refractivity contribution in [2.45, 2.75) is 26.2 Å². The lowest BCUT2D eigenvalue weighted by atomic mass is 9.81. The molecule has 2 rings (SSSR count). The second-order valence-corrected chi connectivity index (χ2v) is 8.20. The molecule has 2 aliphatic rings. The maximum atomic E-state index is 12.5. The molecule has 1 N–H and O–H groups in total. The number of carbonyl (C=O) groups is 1. The summed E-state index contributed by atoms with van der Waals surface area (Å²) >= 11 is 0. The summed E-state index contributed by atoms with van der Waals surface area (Å²) in [7, 11) is -2.27. The summed E-state index contributed by atoms with van der Waals surface area (Å²) < 4.78 is 27.5. The van der Waals surface area contributed by atoms with Gasteiger partial charge in [-0.15, -0.1) is 0 Å². The van der Waals surface area contributed by atoms with E-state index in [9.17, 15) is 18.3 Å². The minimum Gasteiger partial charge on any atom is -0.481 e. The highest BCUT2D eigenvalue weighted by Crippen LogP contribution is 2.49. The molecule has 1 aliphatic heterocycles. The van der Waals surface area contributed by atoms with E-state index < -0.39 is 27.5 Å². The standard InChI is InChI=1S/C13H21N3O4S/c1-10(6-14)7-15(2)21(19,20)16-8-11-4-3-5-13(11,9-16)12(17)18/h10-11H,3-5,7-9H2,1-2H3,(H,17,18)/t10?,11-,13+/m0/s1. The lowest BCUT2D eigenvalue weighted by Crippen LogP contribution is -2.44. The Morgan fingerprint density at radius 2 is 2.29 bits per heavy atom. The van der Waals surface area contributed by atoms with Gasteiger partial charge in [-0.2, -0.15) is 22.3 Å². The Kier molecular flexibility index (Phi) is 4.29. The van der Waals surface area contributed by atoms with Gasteiger partial charge in [-0.05, 0) is 25.7 Å². The first-order valence-corrected chi connectivity index (χ1v) is 8.48. The lowest BCUT2D eigenvalue weighted by molar-refractivity contribution is -0.149. The first kappa shape index (κ1) is 16.2. The molecular formula is C13H21N3O4S. The molecule has 1 heterocycles. The third-order valence-corrected chi connectivity index (χ3v) is 6.60. The molecule has 118 valence electrons. The maximum Gasteiger partial charge on any atom is 0.311 e. The fourth-order valence-electron chi connectivity index (χ4n) is 3.49. The van der Waals surface area contributed by atoms with Crippen molar-refractivity contribution in [3.8, 4) is 6.07 Å². The van der Waals surface area contributed by atoms with Crippen molar-refractivity contribution < 1.29 is 18.3 Å². The molecule has 1 saturated carbocycles. The highest BCUT2D eigenvalue weighted by Gasteiger charge is 2.57. The first-order chi connectivity index (χ1) is 9.74. The molecule has 0 spiro atoms. The summed E-state index contributed by atoms with van der Waals surface area (Å²) in [6, 6.07) is 2.01. The van der Waals surface area contributed by atoms with E-state index >= 15 is 0 Å². The fraction of sp³-hybridized carbons (Fsp3) is 0.846. The van der Waals surface area contributed by atoms with Crippen LogP contribution in [0.3, 0.4) is 0 Å². The molecule has 21 heavy (non-hydrogen) atoms. The number of hydrogen-bond donors (Lipinski definition) is 1. The fourth-order valence-corrected chi connectivity index (χ4v) is 5.05. The van der Waals surface area contributed by atoms with E-state index in [1.807, 2.05) is 6.07 Å². The van der Waals surface area contributed by atoms with E-state index in [2.05, 4.69) is 0 Å². The van der Waals surface area contributed by atoms with Crippen molar-refractivity contribution in [1.82, 2.24) is 8.61 Å². The quantitative estimate of drug-likeness (QED) is 0.796. The third kappa shape index (κ3) is 2.65. The van der Waals surface area contributed by atoms with Gasteiger partial charge in [-0.25, -0.2) is 0 Å². The molecule has 0 bridgehead atoms. The van der Waals surface area contributed by atoms with Crippen molar-refractivity contribution in [3.05, 3.63) is 0 Å². The Bertz CT molecular complexity index is 570. The van der Waals surface area contributed by atoms with Crippen LogP contribution in [0.25, 0.3) is 0 Å². The Hall–Kier alpha value is -1.17. The lowest BCUT2D eigenvalue weighted by Gasteiger charge is -2.26. The molecule has 0 aromatic heterocycles. The highest BCUT2D eigenvalue weighted by molar-refractivity contribution is 7.86. The van der Waals surface area contributed by atoms with E-state index in [0.717, 1.165) is 17.1 Å². The second kappa shape index (κ2) is 5.55. The summed E-state index contributed by atoms with van der Waals surface area (Å²) in [5.74, 6) is -1.40. The monoisotopic (exact) mass is 315 g/mol. The summed E-state index contributed by atoms with van der Waals surface area (Å²) in [5.41, 5.74) is -0.922. The van der Waals surface area contributed by atoms with Crippen molar-refractivity contribution in [2.24, 2.45) is 17.3 Å². The molecule has 2 fully saturated rings. The summed E-state index contributed by atoms with van der Waals surface area (Å²) in [4.78, 5) is 11.6. The van der Waals surface area contributed by atoms with Crippen LogP contribution in [-0.2, 0) is 15.0 Å². The Balaban J connectivity index is 2.17. The number of rotatable bonds is 5. The van der Waals surface area contributed by atoms with E-state index in [1.54, 1.807) is 6.92 Å². The minimum atomic E-state index is -3.71. The van der Waals surface area contributed by atoms with Crippen LogP contribution in [0.2, 0.25) is 0 Å². The number of carboxylic acids is 1. The van der Waals surface area contributed by atoms with Gasteiger partial charge in [0.15, 0.2) is 0 Å². The SMILES string of the molecule is CC(C#N)CN(C)S(=O)(=O)N1C[C@@H]2CCC[C@@]2(C(=O)O)C1. The van der Waals surface area contributed by atoms with Gasteiger partial charge in [-0.1, -0.05) is 6.42 Å². The number of aliphatic carboxylic acids is 1. The van der Waals surface area contributed by atoms with Crippen LogP contribution in [0.4, 0.5) is 0 Å². The maximum absolute atomic E-state index is 12.5. The van der Waals surface area contributed by atoms with Gasteiger partial charge < -0.3 is 5.11 Å². The van der Waals surface area contributed by atoms with Crippen LogP contribution in [-0.4, -0.2) is 54.8 Å². The van der Waals surface area contributed by atoms with Crippen LogP contribution in [0.1, 0.15) is 26.2 Å². The van der Waals surface area contributed by atoms with E-state index in [0.29, 0.717) is 6.42 Å². The molecule has 0 amide bonds. The number of nitriles is 1. The van der Waals surface area contributed by atoms with Gasteiger partial charge in [0, 0.05) is 26.7 Å². The predicted octanol–water partition coefficient (Wildman–Crippen LogP) is 0.509. The minimum absolute atomic E-state index is 0.0423. The molecule has 1 unspecified atom stereocenters. The average Bonchev–Trinajstić information content (AvgIpc) is 2.95. The number of nitrogens with zero attached hydrogens (tertiary/aromatic N) is 3. The van der Waals surface area contributed by atoms with Crippen molar-refractivity contribution in [1.29, 1.82) is 5.26 Å². The van der Waals surface area contributed by atoms with Crippen molar-refractivity contribution >= 4 is 16.2 Å². The summed E-state index contributed by atoms with van der Waals surface area (Å²) in [5, 5.41) is 18.3. The molecule has 0 aromatic carbocycles. The number of carboxylic acid groups (broad SMARTS) is 1. The zero-order valence-corrected chi connectivity index (χ0v) is 13.1.